The zero-order chi connectivity index (χ0) is 11.4. The van der Waals surface area contributed by atoms with Gasteiger partial charge in [0.05, 0.1) is 6.04 Å². The predicted molar refractivity (Wildman–Crippen MR) is 62.8 cm³/mol. The van der Waals surface area contributed by atoms with Crippen LogP contribution in [0.15, 0.2) is 24.3 Å². The van der Waals surface area contributed by atoms with E-state index in [1.807, 2.05) is 24.3 Å². The molecule has 3 heteroatoms. The van der Waals surface area contributed by atoms with E-state index in [-0.39, 0.29) is 11.9 Å². The standard InChI is InChI=1S/C12H16ClNO/c1-8(2)12(14-9(3)15)10-4-6-11(13)7-5-10/h4-8,12H,1-3H3,(H,14,15). The van der Waals surface area contributed by atoms with Crippen molar-refractivity contribution in [2.45, 2.75) is 26.8 Å². The first-order valence-electron chi connectivity index (χ1n) is 5.03. The van der Waals surface area contributed by atoms with Gasteiger partial charge in [-0.05, 0) is 23.6 Å². The summed E-state index contributed by atoms with van der Waals surface area (Å²) in [6, 6.07) is 7.63. The van der Waals surface area contributed by atoms with Crippen molar-refractivity contribution in [3.63, 3.8) is 0 Å². The summed E-state index contributed by atoms with van der Waals surface area (Å²) in [5, 5.41) is 3.65. The van der Waals surface area contributed by atoms with Crippen molar-refractivity contribution in [1.29, 1.82) is 0 Å². The minimum absolute atomic E-state index is 0.0105. The molecule has 1 rings (SSSR count). The van der Waals surface area contributed by atoms with Gasteiger partial charge in [-0.3, -0.25) is 4.79 Å². The van der Waals surface area contributed by atoms with Crippen LogP contribution in [0.4, 0.5) is 0 Å². The second-order valence-corrected chi connectivity index (χ2v) is 4.41. The maximum absolute atomic E-state index is 11.1. The third kappa shape index (κ3) is 3.56. The molecule has 0 heterocycles. The Morgan fingerprint density at radius 2 is 1.80 bits per heavy atom. The minimum atomic E-state index is -0.0105. The van der Waals surface area contributed by atoms with Gasteiger partial charge in [0.15, 0.2) is 0 Å². The molecular weight excluding hydrogens is 210 g/mol. The van der Waals surface area contributed by atoms with Crippen molar-refractivity contribution in [1.82, 2.24) is 5.32 Å². The van der Waals surface area contributed by atoms with Gasteiger partial charge in [0.1, 0.15) is 0 Å². The van der Waals surface area contributed by atoms with Gasteiger partial charge in [-0.2, -0.15) is 0 Å². The molecule has 0 fully saturated rings. The van der Waals surface area contributed by atoms with Crippen molar-refractivity contribution in [3.8, 4) is 0 Å². The summed E-state index contributed by atoms with van der Waals surface area (Å²) in [6.45, 7) is 5.69. The Bertz CT molecular complexity index is 332. The minimum Gasteiger partial charge on any atom is -0.349 e. The lowest BCUT2D eigenvalue weighted by Crippen LogP contribution is -2.29. The van der Waals surface area contributed by atoms with Crippen LogP contribution in [0, 0.1) is 5.92 Å². The van der Waals surface area contributed by atoms with Crippen LogP contribution in [0.1, 0.15) is 32.4 Å². The summed E-state index contributed by atoms with van der Waals surface area (Å²) in [5.74, 6) is 0.346. The Hall–Kier alpha value is -1.02. The van der Waals surface area contributed by atoms with Crippen LogP contribution < -0.4 is 5.32 Å². The number of hydrogen-bond acceptors (Lipinski definition) is 1. The van der Waals surface area contributed by atoms with Gasteiger partial charge in [0, 0.05) is 11.9 Å². The summed E-state index contributed by atoms with van der Waals surface area (Å²) in [7, 11) is 0. The van der Waals surface area contributed by atoms with Crippen molar-refractivity contribution < 1.29 is 4.79 Å². The molecule has 2 nitrogen and oxygen atoms in total. The number of halogens is 1. The summed E-state index contributed by atoms with van der Waals surface area (Å²) in [5.41, 5.74) is 1.09. The SMILES string of the molecule is CC(=O)NC(c1ccc(Cl)cc1)C(C)C. The normalized spacial score (nSPS) is 12.6. The van der Waals surface area contributed by atoms with Gasteiger partial charge in [0.2, 0.25) is 5.91 Å². The molecule has 0 aliphatic heterocycles. The van der Waals surface area contributed by atoms with Crippen molar-refractivity contribution in [2.75, 3.05) is 0 Å². The number of rotatable bonds is 3. The fourth-order valence-electron chi connectivity index (χ4n) is 1.52. The molecule has 0 spiro atoms. The highest BCUT2D eigenvalue weighted by Crippen LogP contribution is 2.22. The summed E-state index contributed by atoms with van der Waals surface area (Å²) in [6.07, 6.45) is 0. The molecule has 1 aromatic rings. The monoisotopic (exact) mass is 225 g/mol. The van der Waals surface area contributed by atoms with Crippen molar-refractivity contribution >= 4 is 17.5 Å². The predicted octanol–water partition coefficient (Wildman–Crippen LogP) is 3.17. The Morgan fingerprint density at radius 1 is 1.27 bits per heavy atom. The molecule has 0 saturated heterocycles. The second kappa shape index (κ2) is 5.17. The fourth-order valence-corrected chi connectivity index (χ4v) is 1.65. The summed E-state index contributed by atoms with van der Waals surface area (Å²) >= 11 is 5.81. The molecule has 0 radical (unpaired) electrons. The molecule has 0 aromatic heterocycles. The number of hydrogen-bond donors (Lipinski definition) is 1. The van der Waals surface area contributed by atoms with Gasteiger partial charge in [0.25, 0.3) is 0 Å². The lowest BCUT2D eigenvalue weighted by Gasteiger charge is -2.22. The van der Waals surface area contributed by atoms with Crippen LogP contribution in [0.25, 0.3) is 0 Å². The number of amides is 1. The highest BCUT2D eigenvalue weighted by molar-refractivity contribution is 6.30. The maximum atomic E-state index is 11.1. The number of benzene rings is 1. The van der Waals surface area contributed by atoms with Gasteiger partial charge in [-0.15, -0.1) is 0 Å². The first-order valence-corrected chi connectivity index (χ1v) is 5.41. The molecule has 1 atom stereocenters. The van der Waals surface area contributed by atoms with E-state index in [4.69, 9.17) is 11.6 Å². The van der Waals surface area contributed by atoms with Crippen LogP contribution in [0.2, 0.25) is 5.02 Å². The largest absolute Gasteiger partial charge is 0.349 e. The van der Waals surface area contributed by atoms with Crippen molar-refractivity contribution in [3.05, 3.63) is 34.9 Å². The van der Waals surface area contributed by atoms with E-state index >= 15 is 0 Å². The molecule has 1 aromatic carbocycles. The molecule has 0 aliphatic rings. The second-order valence-electron chi connectivity index (χ2n) is 3.97. The molecule has 0 bridgehead atoms. The van der Waals surface area contributed by atoms with Gasteiger partial charge in [-0.1, -0.05) is 37.6 Å². The number of nitrogens with one attached hydrogen (secondary N) is 1. The van der Waals surface area contributed by atoms with Crippen molar-refractivity contribution in [2.24, 2.45) is 5.92 Å². The Balaban J connectivity index is 2.88. The average molecular weight is 226 g/mol. The first-order chi connectivity index (χ1) is 7.00. The third-order valence-electron chi connectivity index (χ3n) is 2.25. The van der Waals surface area contributed by atoms with E-state index in [0.29, 0.717) is 10.9 Å². The van der Waals surface area contributed by atoms with E-state index in [1.54, 1.807) is 0 Å². The van der Waals surface area contributed by atoms with Crippen LogP contribution in [-0.2, 0) is 4.79 Å². The van der Waals surface area contributed by atoms with Gasteiger partial charge >= 0.3 is 0 Å². The molecule has 0 aliphatic carbocycles. The van der Waals surface area contributed by atoms with E-state index < -0.39 is 0 Å². The fraction of sp³-hybridized carbons (Fsp3) is 0.417. The topological polar surface area (TPSA) is 29.1 Å². The summed E-state index contributed by atoms with van der Waals surface area (Å²) < 4.78 is 0. The first kappa shape index (κ1) is 12.1. The number of carbonyl (C=O) groups is 1. The number of carbonyl (C=O) groups excluding carboxylic acids is 1. The van der Waals surface area contributed by atoms with E-state index in [1.165, 1.54) is 6.92 Å². The molecule has 1 N–H and O–H groups in total. The lowest BCUT2D eigenvalue weighted by atomic mass is 9.96. The smallest absolute Gasteiger partial charge is 0.217 e. The van der Waals surface area contributed by atoms with Crippen LogP contribution in [0.3, 0.4) is 0 Å². The molecule has 82 valence electrons. The maximum Gasteiger partial charge on any atom is 0.217 e. The highest BCUT2D eigenvalue weighted by Gasteiger charge is 2.16. The third-order valence-corrected chi connectivity index (χ3v) is 2.51. The Labute approximate surface area is 95.6 Å². The van der Waals surface area contributed by atoms with E-state index in [0.717, 1.165) is 5.56 Å². The average Bonchev–Trinajstić information content (AvgIpc) is 2.15. The quantitative estimate of drug-likeness (QED) is 0.841. The zero-order valence-electron chi connectivity index (χ0n) is 9.25. The highest BCUT2D eigenvalue weighted by atomic mass is 35.5. The molecular formula is C12H16ClNO. The Kier molecular flexibility index (Phi) is 4.15. The van der Waals surface area contributed by atoms with Crippen LogP contribution >= 0.6 is 11.6 Å². The zero-order valence-corrected chi connectivity index (χ0v) is 10.0. The Morgan fingerprint density at radius 3 is 2.20 bits per heavy atom. The molecule has 1 unspecified atom stereocenters. The molecule has 1 amide bonds. The van der Waals surface area contributed by atoms with Gasteiger partial charge < -0.3 is 5.32 Å². The summed E-state index contributed by atoms with van der Waals surface area (Å²) in [4.78, 5) is 11.1. The molecule has 0 saturated carbocycles. The lowest BCUT2D eigenvalue weighted by molar-refractivity contribution is -0.120. The molecule has 15 heavy (non-hydrogen) atoms. The van der Waals surface area contributed by atoms with E-state index in [9.17, 15) is 4.79 Å². The van der Waals surface area contributed by atoms with Gasteiger partial charge in [-0.25, -0.2) is 0 Å². The van der Waals surface area contributed by atoms with Crippen LogP contribution in [0.5, 0.6) is 0 Å². The van der Waals surface area contributed by atoms with E-state index in [2.05, 4.69) is 19.2 Å². The van der Waals surface area contributed by atoms with Crippen LogP contribution in [-0.4, -0.2) is 5.91 Å².